The molecule has 1 N–H and O–H groups in total. The minimum absolute atomic E-state index is 0.224. The van der Waals surface area contributed by atoms with E-state index in [1.54, 1.807) is 31.2 Å². The molecule has 1 aromatic rings. The van der Waals surface area contributed by atoms with Crippen molar-refractivity contribution in [1.29, 1.82) is 0 Å². The summed E-state index contributed by atoms with van der Waals surface area (Å²) in [7, 11) is 1.54. The molecule has 0 saturated carbocycles. The molecule has 0 spiro atoms. The Morgan fingerprint density at radius 2 is 1.88 bits per heavy atom. The second kappa shape index (κ2) is 5.75. The first-order chi connectivity index (χ1) is 7.67. The van der Waals surface area contributed by atoms with Gasteiger partial charge in [-0.3, -0.25) is 10.1 Å². The third-order valence-electron chi connectivity index (χ3n) is 1.84. The molecule has 1 aromatic carbocycles. The van der Waals surface area contributed by atoms with E-state index in [4.69, 9.17) is 4.74 Å². The van der Waals surface area contributed by atoms with Crippen LogP contribution in [0.3, 0.4) is 0 Å². The summed E-state index contributed by atoms with van der Waals surface area (Å²) in [4.78, 5) is 22.4. The number of carbonyl (C=O) groups excluding carboxylic acids is 2. The first-order valence-corrected chi connectivity index (χ1v) is 4.79. The van der Waals surface area contributed by atoms with Gasteiger partial charge in [-0.05, 0) is 31.2 Å². The third kappa shape index (κ3) is 3.27. The zero-order chi connectivity index (χ0) is 12.0. The monoisotopic (exact) mass is 223 g/mol. The molecule has 0 heterocycles. The number of carbonyl (C=O) groups is 2. The summed E-state index contributed by atoms with van der Waals surface area (Å²) in [5, 5.41) is 2.09. The van der Waals surface area contributed by atoms with Gasteiger partial charge in [-0.2, -0.15) is 0 Å². The molecule has 0 saturated heterocycles. The predicted molar refractivity (Wildman–Crippen MR) is 57.5 cm³/mol. The first kappa shape index (κ1) is 12.0. The van der Waals surface area contributed by atoms with Crippen LogP contribution in [0.5, 0.6) is 5.75 Å². The Morgan fingerprint density at radius 1 is 1.25 bits per heavy atom. The van der Waals surface area contributed by atoms with Gasteiger partial charge >= 0.3 is 6.09 Å². The van der Waals surface area contributed by atoms with Crippen LogP contribution < -0.4 is 10.1 Å². The van der Waals surface area contributed by atoms with Gasteiger partial charge in [0.2, 0.25) is 0 Å². The van der Waals surface area contributed by atoms with E-state index in [1.165, 1.54) is 7.11 Å². The van der Waals surface area contributed by atoms with Gasteiger partial charge in [0.1, 0.15) is 5.75 Å². The number of methoxy groups -OCH3 is 1. The molecule has 16 heavy (non-hydrogen) atoms. The van der Waals surface area contributed by atoms with E-state index in [1.807, 2.05) is 0 Å². The van der Waals surface area contributed by atoms with Gasteiger partial charge in [-0.1, -0.05) is 0 Å². The molecule has 0 aliphatic heterocycles. The van der Waals surface area contributed by atoms with Crippen molar-refractivity contribution in [2.24, 2.45) is 0 Å². The number of alkyl carbamates (subject to hydrolysis) is 1. The first-order valence-electron chi connectivity index (χ1n) is 4.79. The molecule has 0 radical (unpaired) electrons. The van der Waals surface area contributed by atoms with E-state index in [0.717, 1.165) is 0 Å². The predicted octanol–water partition coefficient (Wildman–Crippen LogP) is 1.58. The number of nitrogens with one attached hydrogen (secondary N) is 1. The van der Waals surface area contributed by atoms with Crippen LogP contribution in [-0.2, 0) is 4.74 Å². The maximum absolute atomic E-state index is 11.5. The third-order valence-corrected chi connectivity index (χ3v) is 1.84. The van der Waals surface area contributed by atoms with Gasteiger partial charge in [0.15, 0.2) is 0 Å². The Kier molecular flexibility index (Phi) is 4.32. The Hall–Kier alpha value is -2.04. The Balaban J connectivity index is 2.62. The molecule has 0 aliphatic carbocycles. The summed E-state index contributed by atoms with van der Waals surface area (Å²) >= 11 is 0. The summed E-state index contributed by atoms with van der Waals surface area (Å²) in [6, 6.07) is 6.40. The molecule has 0 atom stereocenters. The normalized spacial score (nSPS) is 9.38. The highest BCUT2D eigenvalue weighted by molar-refractivity contribution is 6.02. The lowest BCUT2D eigenvalue weighted by Gasteiger charge is -2.04. The van der Waals surface area contributed by atoms with Crippen molar-refractivity contribution < 1.29 is 19.1 Å². The molecule has 0 aromatic heterocycles. The molecule has 0 unspecified atom stereocenters. The molecule has 0 bridgehead atoms. The van der Waals surface area contributed by atoms with Crippen LogP contribution in [0.1, 0.15) is 17.3 Å². The van der Waals surface area contributed by atoms with Crippen LogP contribution in [0.4, 0.5) is 4.79 Å². The van der Waals surface area contributed by atoms with Gasteiger partial charge in [0.05, 0.1) is 13.7 Å². The lowest BCUT2D eigenvalue weighted by molar-refractivity contribution is 0.0925. The zero-order valence-corrected chi connectivity index (χ0v) is 9.15. The number of hydrogen-bond acceptors (Lipinski definition) is 4. The minimum atomic E-state index is -0.747. The molecule has 5 nitrogen and oxygen atoms in total. The molecule has 86 valence electrons. The van der Waals surface area contributed by atoms with E-state index < -0.39 is 12.0 Å². The summed E-state index contributed by atoms with van der Waals surface area (Å²) in [6.45, 7) is 1.89. The van der Waals surface area contributed by atoms with Gasteiger partial charge in [0, 0.05) is 5.56 Å². The topological polar surface area (TPSA) is 64.6 Å². The fraction of sp³-hybridized carbons (Fsp3) is 0.273. The highest BCUT2D eigenvalue weighted by Crippen LogP contribution is 2.10. The average Bonchev–Trinajstić information content (AvgIpc) is 2.29. The van der Waals surface area contributed by atoms with Crippen LogP contribution in [0.2, 0.25) is 0 Å². The van der Waals surface area contributed by atoms with E-state index in [-0.39, 0.29) is 6.61 Å². The van der Waals surface area contributed by atoms with Crippen molar-refractivity contribution in [2.75, 3.05) is 13.7 Å². The fourth-order valence-corrected chi connectivity index (χ4v) is 1.07. The maximum atomic E-state index is 11.5. The molecule has 1 rings (SSSR count). The summed E-state index contributed by atoms with van der Waals surface area (Å²) in [6.07, 6.45) is -0.747. The van der Waals surface area contributed by atoms with Gasteiger partial charge < -0.3 is 9.47 Å². The summed E-state index contributed by atoms with van der Waals surface area (Å²) in [5.41, 5.74) is 0.369. The lowest BCUT2D eigenvalue weighted by atomic mass is 10.2. The number of ether oxygens (including phenoxy) is 2. The van der Waals surface area contributed by atoms with Crippen molar-refractivity contribution >= 4 is 12.0 Å². The van der Waals surface area contributed by atoms with Crippen LogP contribution in [0.15, 0.2) is 24.3 Å². The zero-order valence-electron chi connectivity index (χ0n) is 9.15. The van der Waals surface area contributed by atoms with Crippen LogP contribution >= 0.6 is 0 Å². The van der Waals surface area contributed by atoms with Crippen molar-refractivity contribution in [2.45, 2.75) is 6.92 Å². The highest BCUT2D eigenvalue weighted by atomic mass is 16.5. The average molecular weight is 223 g/mol. The molecule has 2 amide bonds. The standard InChI is InChI=1S/C11H13NO4/c1-3-16-11(14)12-10(13)8-4-6-9(15-2)7-5-8/h4-7H,3H2,1-2H3,(H,12,13,14). The van der Waals surface area contributed by atoms with E-state index in [0.29, 0.717) is 11.3 Å². The van der Waals surface area contributed by atoms with E-state index in [9.17, 15) is 9.59 Å². The van der Waals surface area contributed by atoms with Crippen molar-refractivity contribution in [1.82, 2.24) is 5.32 Å². The molecule has 0 aliphatic rings. The van der Waals surface area contributed by atoms with Crippen LogP contribution in [0.25, 0.3) is 0 Å². The van der Waals surface area contributed by atoms with Gasteiger partial charge in [-0.25, -0.2) is 4.79 Å². The van der Waals surface area contributed by atoms with E-state index in [2.05, 4.69) is 10.1 Å². The van der Waals surface area contributed by atoms with Crippen LogP contribution in [0, 0.1) is 0 Å². The van der Waals surface area contributed by atoms with E-state index >= 15 is 0 Å². The molecular weight excluding hydrogens is 210 g/mol. The number of hydrogen-bond donors (Lipinski definition) is 1. The molecule has 0 fully saturated rings. The maximum Gasteiger partial charge on any atom is 0.414 e. The smallest absolute Gasteiger partial charge is 0.414 e. The summed E-state index contributed by atoms with van der Waals surface area (Å²) < 4.78 is 9.53. The summed E-state index contributed by atoms with van der Waals surface area (Å²) in [5.74, 6) is 0.147. The SMILES string of the molecule is CCOC(=O)NC(=O)c1ccc(OC)cc1. The minimum Gasteiger partial charge on any atom is -0.497 e. The lowest BCUT2D eigenvalue weighted by Crippen LogP contribution is -2.30. The number of benzene rings is 1. The highest BCUT2D eigenvalue weighted by Gasteiger charge is 2.10. The Labute approximate surface area is 93.4 Å². The largest absolute Gasteiger partial charge is 0.497 e. The Bertz CT molecular complexity index is 372. The molecule has 5 heteroatoms. The quantitative estimate of drug-likeness (QED) is 0.844. The number of imide groups is 1. The van der Waals surface area contributed by atoms with Crippen LogP contribution in [-0.4, -0.2) is 25.7 Å². The van der Waals surface area contributed by atoms with Crippen molar-refractivity contribution in [3.63, 3.8) is 0 Å². The van der Waals surface area contributed by atoms with Gasteiger partial charge in [0.25, 0.3) is 5.91 Å². The van der Waals surface area contributed by atoms with Gasteiger partial charge in [-0.15, -0.1) is 0 Å². The number of amides is 2. The van der Waals surface area contributed by atoms with Crippen molar-refractivity contribution in [3.05, 3.63) is 29.8 Å². The fourth-order valence-electron chi connectivity index (χ4n) is 1.07. The second-order valence-corrected chi connectivity index (χ2v) is 2.90. The van der Waals surface area contributed by atoms with Crippen molar-refractivity contribution in [3.8, 4) is 5.75 Å². The second-order valence-electron chi connectivity index (χ2n) is 2.90. The molecular formula is C11H13NO4. The Morgan fingerprint density at radius 3 is 2.38 bits per heavy atom. The number of rotatable bonds is 3.